The van der Waals surface area contributed by atoms with Crippen LogP contribution in [0, 0.1) is 6.92 Å². The molecular formula is C14H22N2S. The minimum atomic E-state index is 0.183. The van der Waals surface area contributed by atoms with Gasteiger partial charge in [0.05, 0.1) is 0 Å². The first kappa shape index (κ1) is 12.6. The normalized spacial score (nSPS) is 22.4. The molecule has 2 N–H and O–H groups in total. The number of nitrogens with zero attached hydrogens (tertiary/aromatic N) is 1. The van der Waals surface area contributed by atoms with E-state index < -0.39 is 0 Å². The zero-order valence-electron chi connectivity index (χ0n) is 11.1. The fourth-order valence-electron chi connectivity index (χ4n) is 2.68. The Morgan fingerprint density at radius 2 is 2.12 bits per heavy atom. The van der Waals surface area contributed by atoms with Crippen LogP contribution >= 0.6 is 12.6 Å². The van der Waals surface area contributed by atoms with Crippen molar-refractivity contribution in [2.24, 2.45) is 0 Å². The number of nitrogen functional groups attached to an aromatic ring is 1. The van der Waals surface area contributed by atoms with E-state index in [1.54, 1.807) is 0 Å². The van der Waals surface area contributed by atoms with E-state index in [9.17, 15) is 0 Å². The second kappa shape index (κ2) is 4.13. The van der Waals surface area contributed by atoms with Crippen LogP contribution in [0.1, 0.15) is 37.3 Å². The van der Waals surface area contributed by atoms with Gasteiger partial charge in [0.2, 0.25) is 0 Å². The highest BCUT2D eigenvalue weighted by Gasteiger charge is 2.35. The van der Waals surface area contributed by atoms with Gasteiger partial charge in [0.15, 0.2) is 0 Å². The predicted octanol–water partition coefficient (Wildman–Crippen LogP) is 3.21. The van der Waals surface area contributed by atoms with Crippen molar-refractivity contribution in [1.29, 1.82) is 0 Å². The van der Waals surface area contributed by atoms with E-state index in [0.29, 0.717) is 5.92 Å². The maximum absolute atomic E-state index is 6.03. The molecule has 0 radical (unpaired) electrons. The quantitative estimate of drug-likeness (QED) is 0.592. The molecule has 1 aromatic carbocycles. The van der Waals surface area contributed by atoms with Crippen molar-refractivity contribution in [2.45, 2.75) is 38.6 Å². The molecule has 1 aliphatic heterocycles. The monoisotopic (exact) mass is 250 g/mol. The first-order valence-corrected chi connectivity index (χ1v) is 6.75. The molecule has 0 spiro atoms. The van der Waals surface area contributed by atoms with Crippen molar-refractivity contribution in [3.63, 3.8) is 0 Å². The number of rotatable bonds is 1. The van der Waals surface area contributed by atoms with Crippen LogP contribution in [0.2, 0.25) is 0 Å². The Kier molecular flexibility index (Phi) is 3.06. The average molecular weight is 250 g/mol. The maximum Gasteiger partial charge on any atom is 0.0407 e. The summed E-state index contributed by atoms with van der Waals surface area (Å²) >= 11 is 4.50. The molecule has 0 bridgehead atoms. The summed E-state index contributed by atoms with van der Waals surface area (Å²) in [5.74, 6) is 1.38. The second-order valence-electron chi connectivity index (χ2n) is 5.72. The largest absolute Gasteiger partial charge is 0.399 e. The first-order chi connectivity index (χ1) is 7.86. The van der Waals surface area contributed by atoms with Crippen LogP contribution in [-0.4, -0.2) is 18.3 Å². The van der Waals surface area contributed by atoms with Crippen LogP contribution in [0.15, 0.2) is 12.1 Å². The summed E-state index contributed by atoms with van der Waals surface area (Å²) in [6.07, 6.45) is 1.13. The molecule has 0 aromatic heterocycles. The van der Waals surface area contributed by atoms with Crippen LogP contribution in [0.3, 0.4) is 0 Å². The lowest BCUT2D eigenvalue weighted by Crippen LogP contribution is -2.46. The summed E-state index contributed by atoms with van der Waals surface area (Å²) in [6, 6.07) is 4.35. The van der Waals surface area contributed by atoms with Crippen molar-refractivity contribution in [3.8, 4) is 0 Å². The summed E-state index contributed by atoms with van der Waals surface area (Å²) in [6.45, 7) is 6.65. The molecule has 1 aliphatic rings. The van der Waals surface area contributed by atoms with E-state index in [2.05, 4.69) is 57.5 Å². The summed E-state index contributed by atoms with van der Waals surface area (Å²) in [7, 11) is 2.17. The van der Waals surface area contributed by atoms with Crippen LogP contribution in [0.5, 0.6) is 0 Å². The maximum atomic E-state index is 6.03. The standard InChI is InChI=1S/C14H22N2S/c1-9-5-13-11(6-12(9)15)10(8-17)7-14(2,3)16(13)4/h5-6,10,17H,7-8,15H2,1-4H3. The van der Waals surface area contributed by atoms with E-state index in [-0.39, 0.29) is 5.54 Å². The number of aryl methyl sites for hydroxylation is 1. The summed E-state index contributed by atoms with van der Waals surface area (Å²) in [5.41, 5.74) is 10.9. The number of fused-ring (bicyclic) bond motifs is 1. The van der Waals surface area contributed by atoms with Gasteiger partial charge in [-0.2, -0.15) is 12.6 Å². The zero-order valence-corrected chi connectivity index (χ0v) is 12.0. The molecule has 0 amide bonds. The number of nitrogens with two attached hydrogens (primary N) is 1. The fraction of sp³-hybridized carbons (Fsp3) is 0.571. The molecule has 2 nitrogen and oxygen atoms in total. The molecule has 1 heterocycles. The first-order valence-electron chi connectivity index (χ1n) is 6.11. The van der Waals surface area contributed by atoms with Gasteiger partial charge in [-0.05, 0) is 62.1 Å². The van der Waals surface area contributed by atoms with Crippen LogP contribution < -0.4 is 10.6 Å². The fourth-order valence-corrected chi connectivity index (χ4v) is 3.01. The molecule has 0 aliphatic carbocycles. The molecule has 1 atom stereocenters. The van der Waals surface area contributed by atoms with Gasteiger partial charge in [0.1, 0.15) is 0 Å². The lowest BCUT2D eigenvalue weighted by Gasteiger charge is -2.46. The van der Waals surface area contributed by atoms with Gasteiger partial charge in [-0.15, -0.1) is 0 Å². The number of benzene rings is 1. The van der Waals surface area contributed by atoms with Gasteiger partial charge in [-0.3, -0.25) is 0 Å². The second-order valence-corrected chi connectivity index (χ2v) is 6.09. The molecule has 17 heavy (non-hydrogen) atoms. The zero-order chi connectivity index (χ0) is 12.8. The minimum absolute atomic E-state index is 0.183. The number of hydrogen-bond donors (Lipinski definition) is 2. The smallest absolute Gasteiger partial charge is 0.0407 e. The molecule has 94 valence electrons. The lowest BCUT2D eigenvalue weighted by molar-refractivity contribution is 0.398. The predicted molar refractivity (Wildman–Crippen MR) is 79.3 cm³/mol. The van der Waals surface area contributed by atoms with Crippen molar-refractivity contribution >= 4 is 24.0 Å². The van der Waals surface area contributed by atoms with Gasteiger partial charge in [-0.1, -0.05) is 0 Å². The SMILES string of the molecule is Cc1cc2c(cc1N)C(CS)CC(C)(C)N2C. The van der Waals surface area contributed by atoms with Crippen molar-refractivity contribution in [3.05, 3.63) is 23.3 Å². The summed E-state index contributed by atoms with van der Waals surface area (Å²) in [4.78, 5) is 2.37. The molecule has 2 rings (SSSR count). The molecule has 1 aromatic rings. The van der Waals surface area contributed by atoms with E-state index >= 15 is 0 Å². The van der Waals surface area contributed by atoms with Gasteiger partial charge in [0.25, 0.3) is 0 Å². The Morgan fingerprint density at radius 3 is 2.71 bits per heavy atom. The summed E-state index contributed by atoms with van der Waals surface area (Å²) < 4.78 is 0. The molecule has 0 fully saturated rings. The third-order valence-electron chi connectivity index (χ3n) is 4.09. The van der Waals surface area contributed by atoms with E-state index in [4.69, 9.17) is 5.73 Å². The third-order valence-corrected chi connectivity index (χ3v) is 4.53. The Bertz CT molecular complexity index is 440. The van der Waals surface area contributed by atoms with Crippen molar-refractivity contribution < 1.29 is 0 Å². The Labute approximate surface area is 110 Å². The summed E-state index contributed by atoms with van der Waals surface area (Å²) in [5, 5.41) is 0. The minimum Gasteiger partial charge on any atom is -0.399 e. The van der Waals surface area contributed by atoms with E-state index in [1.165, 1.54) is 11.3 Å². The van der Waals surface area contributed by atoms with E-state index in [0.717, 1.165) is 23.4 Å². The topological polar surface area (TPSA) is 29.3 Å². The molecule has 0 saturated heterocycles. The average Bonchev–Trinajstić information content (AvgIpc) is 2.27. The Balaban J connectivity index is 2.59. The van der Waals surface area contributed by atoms with Gasteiger partial charge in [0, 0.05) is 24.0 Å². The molecule has 0 saturated carbocycles. The van der Waals surface area contributed by atoms with E-state index in [1.807, 2.05) is 0 Å². The Morgan fingerprint density at radius 1 is 1.47 bits per heavy atom. The number of anilines is 2. The highest BCUT2D eigenvalue weighted by Crippen LogP contribution is 2.44. The van der Waals surface area contributed by atoms with Crippen LogP contribution in [-0.2, 0) is 0 Å². The molecule has 1 unspecified atom stereocenters. The van der Waals surface area contributed by atoms with Gasteiger partial charge >= 0.3 is 0 Å². The highest BCUT2D eigenvalue weighted by atomic mass is 32.1. The highest BCUT2D eigenvalue weighted by molar-refractivity contribution is 7.80. The Hall–Kier alpha value is -0.830. The van der Waals surface area contributed by atoms with Gasteiger partial charge < -0.3 is 10.6 Å². The van der Waals surface area contributed by atoms with Crippen molar-refractivity contribution in [2.75, 3.05) is 23.4 Å². The molecular weight excluding hydrogens is 228 g/mol. The number of hydrogen-bond acceptors (Lipinski definition) is 3. The third kappa shape index (κ3) is 2.01. The lowest BCUT2D eigenvalue weighted by atomic mass is 9.80. The molecule has 3 heteroatoms. The van der Waals surface area contributed by atoms with Crippen LogP contribution in [0.4, 0.5) is 11.4 Å². The van der Waals surface area contributed by atoms with Crippen molar-refractivity contribution in [1.82, 2.24) is 0 Å². The van der Waals surface area contributed by atoms with Crippen LogP contribution in [0.25, 0.3) is 0 Å². The number of thiol groups is 1. The van der Waals surface area contributed by atoms with Gasteiger partial charge in [-0.25, -0.2) is 0 Å².